The van der Waals surface area contributed by atoms with E-state index in [1.165, 1.54) is 0 Å². The zero-order chi connectivity index (χ0) is 28.7. The molecule has 1 aliphatic heterocycles. The molecule has 0 radical (unpaired) electrons. The van der Waals surface area contributed by atoms with E-state index >= 15 is 0 Å². The van der Waals surface area contributed by atoms with E-state index in [4.69, 9.17) is 23.6 Å². The number of amides is 1. The molecule has 0 fully saturated rings. The summed E-state index contributed by atoms with van der Waals surface area (Å²) >= 11 is 0. The van der Waals surface area contributed by atoms with Gasteiger partial charge in [0.15, 0.2) is 5.58 Å². The summed E-state index contributed by atoms with van der Waals surface area (Å²) in [7, 11) is 3.23. The van der Waals surface area contributed by atoms with Crippen LogP contribution in [0.2, 0.25) is 0 Å². The summed E-state index contributed by atoms with van der Waals surface area (Å²) in [5.74, 6) is 2.40. The molecule has 1 N–H and O–H groups in total. The molecule has 0 aliphatic carbocycles. The van der Waals surface area contributed by atoms with Gasteiger partial charge in [-0.25, -0.2) is 4.98 Å². The molecule has 6 rings (SSSR count). The molecule has 4 aromatic carbocycles. The van der Waals surface area contributed by atoms with Gasteiger partial charge < -0.3 is 23.9 Å². The maximum absolute atomic E-state index is 13.1. The molecule has 0 spiro atoms. The van der Waals surface area contributed by atoms with Crippen molar-refractivity contribution in [3.8, 4) is 28.7 Å². The predicted molar refractivity (Wildman–Crippen MR) is 159 cm³/mol. The van der Waals surface area contributed by atoms with Gasteiger partial charge in [0, 0.05) is 35.1 Å². The first-order valence-corrected chi connectivity index (χ1v) is 13.6. The average Bonchev–Trinajstić information content (AvgIpc) is 3.53. The molecule has 1 atom stereocenters. The van der Waals surface area contributed by atoms with Crippen LogP contribution in [0.4, 0.5) is 5.69 Å². The zero-order valence-electron chi connectivity index (χ0n) is 23.8. The van der Waals surface area contributed by atoms with Crippen LogP contribution in [0.3, 0.4) is 0 Å². The standard InChI is InChI=1S/C34H32N2O5/c1-20-12-24(30-28(14-20)36-33(40-30)23-9-7-11-27(17-23)39-5)18-34(3)19-25-13-21(2)15-29(31(25)41-34)35-32(37)22-8-6-10-26(16-22)38-4/h6-17H,18-19H2,1-5H3,(H,35,37). The number of ether oxygens (including phenoxy) is 3. The molecule has 1 aromatic heterocycles. The van der Waals surface area contributed by atoms with E-state index in [1.807, 2.05) is 49.4 Å². The highest BCUT2D eigenvalue weighted by molar-refractivity contribution is 6.05. The van der Waals surface area contributed by atoms with Gasteiger partial charge in [0.1, 0.15) is 28.4 Å². The Balaban J connectivity index is 1.30. The van der Waals surface area contributed by atoms with Crippen LogP contribution in [0.25, 0.3) is 22.6 Å². The first kappa shape index (κ1) is 26.4. The number of benzene rings is 4. The molecule has 1 unspecified atom stereocenters. The highest BCUT2D eigenvalue weighted by Gasteiger charge is 2.38. The predicted octanol–water partition coefficient (Wildman–Crippen LogP) is 7.32. The molecular weight excluding hydrogens is 516 g/mol. The third-order valence-electron chi connectivity index (χ3n) is 7.40. The molecule has 5 aromatic rings. The zero-order valence-corrected chi connectivity index (χ0v) is 23.8. The van der Waals surface area contributed by atoms with Crippen molar-refractivity contribution in [1.82, 2.24) is 4.98 Å². The fourth-order valence-electron chi connectivity index (χ4n) is 5.61. The molecular formula is C34H32N2O5. The minimum Gasteiger partial charge on any atom is -0.497 e. The van der Waals surface area contributed by atoms with E-state index in [2.05, 4.69) is 31.3 Å². The number of aryl methyl sites for hydroxylation is 2. The van der Waals surface area contributed by atoms with Gasteiger partial charge in [0.2, 0.25) is 5.89 Å². The number of carbonyl (C=O) groups excluding carboxylic acids is 1. The number of oxazole rings is 1. The number of aromatic nitrogens is 1. The van der Waals surface area contributed by atoms with Gasteiger partial charge in [-0.15, -0.1) is 0 Å². The molecule has 2 heterocycles. The lowest BCUT2D eigenvalue weighted by Gasteiger charge is -2.25. The Hall–Kier alpha value is -4.78. The van der Waals surface area contributed by atoms with Crippen molar-refractivity contribution in [3.63, 3.8) is 0 Å². The first-order valence-electron chi connectivity index (χ1n) is 13.6. The number of hydrogen-bond acceptors (Lipinski definition) is 6. The Morgan fingerprint density at radius 1 is 0.951 bits per heavy atom. The Kier molecular flexibility index (Phi) is 6.66. The number of hydrogen-bond donors (Lipinski definition) is 1. The summed E-state index contributed by atoms with van der Waals surface area (Å²) in [6.45, 7) is 6.18. The van der Waals surface area contributed by atoms with E-state index < -0.39 is 5.60 Å². The van der Waals surface area contributed by atoms with Crippen molar-refractivity contribution in [1.29, 1.82) is 0 Å². The second-order valence-electron chi connectivity index (χ2n) is 10.9. The summed E-state index contributed by atoms with van der Waals surface area (Å²) in [5.41, 5.74) is 7.26. The lowest BCUT2D eigenvalue weighted by Crippen LogP contribution is -2.33. The quantitative estimate of drug-likeness (QED) is 0.230. The molecule has 0 saturated heterocycles. The number of fused-ring (bicyclic) bond motifs is 2. The maximum Gasteiger partial charge on any atom is 0.255 e. The van der Waals surface area contributed by atoms with E-state index in [1.54, 1.807) is 32.4 Å². The van der Waals surface area contributed by atoms with Crippen molar-refractivity contribution < 1.29 is 23.4 Å². The van der Waals surface area contributed by atoms with E-state index in [0.717, 1.165) is 44.7 Å². The third kappa shape index (κ3) is 5.23. The van der Waals surface area contributed by atoms with Gasteiger partial charge >= 0.3 is 0 Å². The molecule has 41 heavy (non-hydrogen) atoms. The van der Waals surface area contributed by atoms with Gasteiger partial charge in [0.25, 0.3) is 5.91 Å². The Morgan fingerprint density at radius 2 is 1.68 bits per heavy atom. The summed E-state index contributed by atoms with van der Waals surface area (Å²) in [6.07, 6.45) is 1.30. The minimum atomic E-state index is -0.546. The molecule has 1 amide bonds. The lowest BCUT2D eigenvalue weighted by molar-refractivity contribution is 0.102. The van der Waals surface area contributed by atoms with Gasteiger partial charge in [-0.05, 0) is 80.4 Å². The normalized spacial score (nSPS) is 15.8. The van der Waals surface area contributed by atoms with Crippen LogP contribution >= 0.6 is 0 Å². The van der Waals surface area contributed by atoms with E-state index in [9.17, 15) is 4.79 Å². The van der Waals surface area contributed by atoms with Gasteiger partial charge in [-0.1, -0.05) is 24.3 Å². The number of methoxy groups -OCH3 is 2. The van der Waals surface area contributed by atoms with Crippen LogP contribution in [0.5, 0.6) is 17.2 Å². The average molecular weight is 549 g/mol. The number of anilines is 1. The van der Waals surface area contributed by atoms with Crippen LogP contribution in [-0.4, -0.2) is 30.7 Å². The number of nitrogens with one attached hydrogen (secondary N) is 1. The smallest absolute Gasteiger partial charge is 0.255 e. The summed E-state index contributed by atoms with van der Waals surface area (Å²) < 4.78 is 23.7. The minimum absolute atomic E-state index is 0.221. The van der Waals surface area contributed by atoms with Crippen molar-refractivity contribution >= 4 is 22.7 Å². The van der Waals surface area contributed by atoms with Crippen molar-refractivity contribution in [3.05, 3.63) is 101 Å². The lowest BCUT2D eigenvalue weighted by atomic mass is 9.90. The third-order valence-corrected chi connectivity index (χ3v) is 7.40. The second kappa shape index (κ2) is 10.3. The number of rotatable bonds is 7. The molecule has 208 valence electrons. The summed E-state index contributed by atoms with van der Waals surface area (Å²) in [6, 6.07) is 23.0. The van der Waals surface area contributed by atoms with Crippen LogP contribution in [0.15, 0.2) is 77.2 Å². The Morgan fingerprint density at radius 3 is 2.46 bits per heavy atom. The molecule has 0 saturated carbocycles. The summed E-state index contributed by atoms with van der Waals surface area (Å²) in [4.78, 5) is 17.9. The van der Waals surface area contributed by atoms with Crippen molar-refractivity contribution in [2.75, 3.05) is 19.5 Å². The fourth-order valence-corrected chi connectivity index (χ4v) is 5.61. The SMILES string of the molecule is COc1cccc(C(=O)Nc2cc(C)cc3c2OC(C)(Cc2cc(C)cc4nc(-c5cccc(OC)c5)oc24)C3)c1. The van der Waals surface area contributed by atoms with Crippen LogP contribution < -0.4 is 19.5 Å². The second-order valence-corrected chi connectivity index (χ2v) is 10.9. The van der Waals surface area contributed by atoms with Gasteiger partial charge in [0.05, 0.1) is 19.9 Å². The van der Waals surface area contributed by atoms with Crippen molar-refractivity contribution in [2.45, 2.75) is 39.2 Å². The van der Waals surface area contributed by atoms with Crippen molar-refractivity contribution in [2.24, 2.45) is 0 Å². The fraction of sp³-hybridized carbons (Fsp3) is 0.235. The van der Waals surface area contributed by atoms with E-state index in [-0.39, 0.29) is 5.91 Å². The van der Waals surface area contributed by atoms with Crippen LogP contribution in [-0.2, 0) is 12.8 Å². The summed E-state index contributed by atoms with van der Waals surface area (Å²) in [5, 5.41) is 3.06. The topological polar surface area (TPSA) is 82.8 Å². The number of carbonyl (C=O) groups is 1. The highest BCUT2D eigenvalue weighted by atomic mass is 16.5. The van der Waals surface area contributed by atoms with Crippen LogP contribution in [0, 0.1) is 13.8 Å². The molecule has 0 bridgehead atoms. The Bertz CT molecular complexity index is 1790. The largest absolute Gasteiger partial charge is 0.497 e. The Labute approximate surface area is 239 Å². The van der Waals surface area contributed by atoms with Gasteiger partial charge in [-0.3, -0.25) is 4.79 Å². The molecule has 7 nitrogen and oxygen atoms in total. The molecule has 7 heteroatoms. The first-order chi connectivity index (χ1) is 19.7. The monoisotopic (exact) mass is 548 g/mol. The number of nitrogens with zero attached hydrogens (tertiary/aromatic N) is 1. The maximum atomic E-state index is 13.1. The highest BCUT2D eigenvalue weighted by Crippen LogP contribution is 2.44. The molecule has 1 aliphatic rings. The van der Waals surface area contributed by atoms with E-state index in [0.29, 0.717) is 41.5 Å². The van der Waals surface area contributed by atoms with Crippen LogP contribution in [0.1, 0.15) is 39.5 Å². The van der Waals surface area contributed by atoms with Gasteiger partial charge in [-0.2, -0.15) is 0 Å².